The summed E-state index contributed by atoms with van der Waals surface area (Å²) in [5.74, 6) is -2.33. The van der Waals surface area contributed by atoms with Gasteiger partial charge in [0, 0.05) is 48.0 Å². The summed E-state index contributed by atoms with van der Waals surface area (Å²) in [6, 6.07) is 6.52. The van der Waals surface area contributed by atoms with E-state index in [1.54, 1.807) is 31.9 Å². The fourth-order valence-corrected chi connectivity index (χ4v) is 8.75. The molecule has 1 aromatic rings. The van der Waals surface area contributed by atoms with Gasteiger partial charge in [0.25, 0.3) is 0 Å². The van der Waals surface area contributed by atoms with Crippen molar-refractivity contribution in [1.82, 2.24) is 9.80 Å². The molecule has 0 radical (unpaired) electrons. The molecule has 3 heterocycles. The molecule has 1 unspecified atom stereocenters. The molecule has 53 heavy (non-hydrogen) atoms. The van der Waals surface area contributed by atoms with Crippen LogP contribution >= 0.6 is 11.6 Å². The summed E-state index contributed by atoms with van der Waals surface area (Å²) in [6.45, 7) is 15.0. The van der Waals surface area contributed by atoms with E-state index < -0.39 is 71.7 Å². The Morgan fingerprint density at radius 2 is 1.75 bits per heavy atom. The highest BCUT2D eigenvalue weighted by Gasteiger charge is 2.59. The van der Waals surface area contributed by atoms with Crippen molar-refractivity contribution in [2.45, 2.75) is 135 Å². The number of methoxy groups -OCH3 is 1. The molecule has 3 aliphatic rings. The molecule has 0 bridgehead atoms. The Hall–Kier alpha value is -2.80. The Labute approximate surface area is 320 Å². The highest BCUT2D eigenvalue weighted by molar-refractivity contribution is 6.30. The number of aliphatic hydroxyl groups excluding tert-OH is 1. The van der Waals surface area contributed by atoms with E-state index in [0.29, 0.717) is 29.9 Å². The van der Waals surface area contributed by atoms with Crippen molar-refractivity contribution < 1.29 is 43.2 Å². The van der Waals surface area contributed by atoms with E-state index in [-0.39, 0.29) is 30.9 Å². The van der Waals surface area contributed by atoms with Crippen LogP contribution in [0.4, 0.5) is 4.79 Å². The summed E-state index contributed by atoms with van der Waals surface area (Å²) in [7, 11) is 5.40. The van der Waals surface area contributed by atoms with Crippen molar-refractivity contribution in [3.63, 3.8) is 0 Å². The number of halogens is 1. The smallest absolute Gasteiger partial charge is 0.410 e. The van der Waals surface area contributed by atoms with Gasteiger partial charge in [-0.1, -0.05) is 69.7 Å². The number of likely N-dealkylation sites (N-methyl/N-ethyl adjacent to an activating group) is 1. The molecule has 1 amide bonds. The molecule has 12 atom stereocenters. The van der Waals surface area contributed by atoms with Crippen LogP contribution in [0.15, 0.2) is 42.0 Å². The third-order valence-electron chi connectivity index (χ3n) is 11.5. The topological polar surface area (TPSA) is 124 Å². The number of carbonyl (C=O) groups excluding carboxylic acids is 3. The van der Waals surface area contributed by atoms with Crippen LogP contribution in [-0.2, 0) is 33.3 Å². The summed E-state index contributed by atoms with van der Waals surface area (Å²) in [5, 5.41) is 12.1. The number of rotatable bonds is 9. The van der Waals surface area contributed by atoms with Gasteiger partial charge in [0.05, 0.1) is 23.9 Å². The summed E-state index contributed by atoms with van der Waals surface area (Å²) >= 11 is 6.04. The van der Waals surface area contributed by atoms with Crippen LogP contribution in [0.5, 0.6) is 0 Å². The van der Waals surface area contributed by atoms with Crippen molar-refractivity contribution in [2.75, 3.05) is 27.7 Å². The van der Waals surface area contributed by atoms with E-state index in [9.17, 15) is 19.5 Å². The number of cyclic esters (lactones) is 1. The first-order valence-corrected chi connectivity index (χ1v) is 19.3. The lowest BCUT2D eigenvalue weighted by atomic mass is 9.74. The van der Waals surface area contributed by atoms with Crippen LogP contribution < -0.4 is 0 Å². The summed E-state index contributed by atoms with van der Waals surface area (Å²) in [4.78, 5) is 45.7. The van der Waals surface area contributed by atoms with Gasteiger partial charge in [-0.05, 0) is 85.2 Å². The number of hydrogen-bond donors (Lipinski definition) is 1. The van der Waals surface area contributed by atoms with E-state index in [0.717, 1.165) is 5.56 Å². The fourth-order valence-electron chi connectivity index (χ4n) is 8.62. The van der Waals surface area contributed by atoms with Crippen LogP contribution in [0, 0.1) is 17.8 Å². The van der Waals surface area contributed by atoms with Gasteiger partial charge in [-0.15, -0.1) is 0 Å². The Balaban J connectivity index is 1.72. The summed E-state index contributed by atoms with van der Waals surface area (Å²) in [6.07, 6.45) is 3.19. The van der Waals surface area contributed by atoms with Crippen LogP contribution in [-0.4, -0.2) is 114 Å². The monoisotopic (exact) mass is 760 g/mol. The zero-order valence-electron chi connectivity index (χ0n) is 33.3. The SMILES string of the molecule is CCC1OC(=O)/C(C)=C/[C@H](C)[C@@H](O[C@@H]2O[C@H](C)C[C@H](N(C)C)[C@H]2O)[C@](C)(OC)C[C@@H](C)C(=O)[C@H](C)[C@H]2N(CC/C=C\c3ccc(Cl)cc3)C(=O)O[C@]12C. The molecule has 3 aliphatic heterocycles. The number of aliphatic hydroxyl groups is 1. The zero-order chi connectivity index (χ0) is 39.4. The maximum atomic E-state index is 14.6. The Morgan fingerprint density at radius 3 is 2.36 bits per heavy atom. The molecule has 1 aromatic carbocycles. The van der Waals surface area contributed by atoms with Gasteiger partial charge >= 0.3 is 12.1 Å². The van der Waals surface area contributed by atoms with Crippen LogP contribution in [0.1, 0.15) is 86.6 Å². The summed E-state index contributed by atoms with van der Waals surface area (Å²) < 4.78 is 31.4. The molecule has 2 saturated heterocycles. The van der Waals surface area contributed by atoms with Gasteiger partial charge in [0.1, 0.15) is 18.0 Å². The molecule has 4 rings (SSSR count). The minimum Gasteiger partial charge on any atom is -0.455 e. The average molecular weight is 761 g/mol. The summed E-state index contributed by atoms with van der Waals surface area (Å²) in [5.41, 5.74) is -1.07. The van der Waals surface area contributed by atoms with Gasteiger partial charge in [-0.2, -0.15) is 0 Å². The molecule has 2 fully saturated rings. The van der Waals surface area contributed by atoms with E-state index in [1.807, 2.05) is 97.0 Å². The number of Topliss-reactive ketones (excluding diaryl/α,β-unsaturated/α-hetero) is 1. The molecular weight excluding hydrogens is 700 g/mol. The lowest BCUT2D eigenvalue weighted by molar-refractivity contribution is -0.294. The standard InChI is InChI=1S/C41H61ClN2O9/c1-12-32-41(8)35(44(39(48)53-41)20-14-13-15-29-16-18-30(42)19-17-29)28(6)33(45)26(4)23-40(7,49-11)36(24(2)21-25(3)37(47)51-32)52-38-34(46)31(43(9)10)22-27(5)50-38/h13,15-19,21,24,26-28,31-32,34-36,38,46H,12,14,20,22-23H2,1-11H3/b15-13-,25-21+/t24-,26+,27+,28-,31-,32?,34+,35+,36+,38-,40+,41+/m0/s1. The number of fused-ring (bicyclic) bond motifs is 1. The number of ether oxygens (including phenoxy) is 5. The van der Waals surface area contributed by atoms with Crippen molar-refractivity contribution in [2.24, 2.45) is 17.8 Å². The highest BCUT2D eigenvalue weighted by atomic mass is 35.5. The predicted molar refractivity (Wildman–Crippen MR) is 204 cm³/mol. The number of carbonyl (C=O) groups is 3. The first-order valence-electron chi connectivity index (χ1n) is 18.9. The number of benzene rings is 1. The largest absolute Gasteiger partial charge is 0.455 e. The zero-order valence-corrected chi connectivity index (χ0v) is 34.1. The van der Waals surface area contributed by atoms with Crippen molar-refractivity contribution in [3.05, 3.63) is 52.6 Å². The van der Waals surface area contributed by atoms with Crippen molar-refractivity contribution in [3.8, 4) is 0 Å². The molecule has 0 aliphatic carbocycles. The predicted octanol–water partition coefficient (Wildman–Crippen LogP) is 6.69. The second-order valence-electron chi connectivity index (χ2n) is 15.9. The molecule has 0 aromatic heterocycles. The van der Waals surface area contributed by atoms with E-state index in [2.05, 4.69) is 0 Å². The Morgan fingerprint density at radius 1 is 1.09 bits per heavy atom. The van der Waals surface area contributed by atoms with Gasteiger partial charge < -0.3 is 38.6 Å². The fraction of sp³-hybridized carbons (Fsp3) is 0.683. The second kappa shape index (κ2) is 17.8. The van der Waals surface area contributed by atoms with Gasteiger partial charge in [-0.3, -0.25) is 4.79 Å². The number of esters is 1. The molecule has 1 N–H and O–H groups in total. The second-order valence-corrected chi connectivity index (χ2v) is 16.3. The normalized spacial score (nSPS) is 38.6. The maximum absolute atomic E-state index is 14.6. The maximum Gasteiger partial charge on any atom is 0.410 e. The number of hydrogen-bond acceptors (Lipinski definition) is 10. The highest BCUT2D eigenvalue weighted by Crippen LogP contribution is 2.43. The van der Waals surface area contributed by atoms with E-state index in [1.165, 1.54) is 0 Å². The van der Waals surface area contributed by atoms with Crippen molar-refractivity contribution in [1.29, 1.82) is 0 Å². The van der Waals surface area contributed by atoms with E-state index >= 15 is 0 Å². The third-order valence-corrected chi connectivity index (χ3v) is 11.8. The first-order chi connectivity index (χ1) is 24.9. The van der Waals surface area contributed by atoms with Crippen LogP contribution in [0.25, 0.3) is 6.08 Å². The van der Waals surface area contributed by atoms with Crippen molar-refractivity contribution >= 4 is 35.5 Å². The van der Waals surface area contributed by atoms with Crippen LogP contribution in [0.3, 0.4) is 0 Å². The molecule has 296 valence electrons. The Bertz CT molecular complexity index is 1500. The molecule has 11 nitrogen and oxygen atoms in total. The number of ketones is 1. The molecule has 0 saturated carbocycles. The minimum absolute atomic E-state index is 0.0869. The van der Waals surface area contributed by atoms with Gasteiger partial charge in [0.2, 0.25) is 0 Å². The lowest BCUT2D eigenvalue weighted by Crippen LogP contribution is -2.59. The molecule has 0 spiro atoms. The van der Waals surface area contributed by atoms with Gasteiger partial charge in [-0.25, -0.2) is 9.59 Å². The Kier molecular flexibility index (Phi) is 14.4. The third kappa shape index (κ3) is 9.54. The first kappa shape index (κ1) is 42.9. The quantitative estimate of drug-likeness (QED) is 0.273. The molecule has 12 heteroatoms. The van der Waals surface area contributed by atoms with Gasteiger partial charge in [0.15, 0.2) is 11.9 Å². The van der Waals surface area contributed by atoms with E-state index in [4.69, 9.17) is 35.3 Å². The lowest BCUT2D eigenvalue weighted by Gasteiger charge is -2.47. The minimum atomic E-state index is -1.31. The average Bonchev–Trinajstić information content (AvgIpc) is 3.37. The molecular formula is C41H61ClN2O9. The number of amides is 1. The number of nitrogens with zero attached hydrogens (tertiary/aromatic N) is 2. The van der Waals surface area contributed by atoms with Crippen LogP contribution in [0.2, 0.25) is 5.02 Å².